The third kappa shape index (κ3) is 7.57. The molecule has 0 heterocycles. The average Bonchev–Trinajstić information content (AvgIpc) is 2.87. The Bertz CT molecular complexity index is 1210. The van der Waals surface area contributed by atoms with Crippen molar-refractivity contribution < 1.29 is 29.0 Å². The molecule has 0 aliphatic carbocycles. The lowest BCUT2D eigenvalue weighted by atomic mass is 9.97. The van der Waals surface area contributed by atoms with E-state index in [1.165, 1.54) is 36.4 Å². The summed E-state index contributed by atoms with van der Waals surface area (Å²) in [5, 5.41) is 19.0. The summed E-state index contributed by atoms with van der Waals surface area (Å²) < 4.78 is 10.3. The van der Waals surface area contributed by atoms with E-state index in [0.29, 0.717) is 28.2 Å². The number of aliphatic carboxylic acids is 1. The van der Waals surface area contributed by atoms with Gasteiger partial charge in [0.05, 0.1) is 13.2 Å². The number of carbonyl (C=O) groups excluding carboxylic acids is 2. The number of carboxylic acid groups (broad SMARTS) is 1. The van der Waals surface area contributed by atoms with E-state index in [1.54, 1.807) is 31.4 Å². The number of ketones is 1. The number of ether oxygens (including phenoxy) is 2. The Morgan fingerprint density at radius 1 is 0.889 bits per heavy atom. The Labute approximate surface area is 214 Å². The first kappa shape index (κ1) is 27.9. The molecule has 188 valence electrons. The zero-order valence-electron chi connectivity index (χ0n) is 19.4. The molecule has 0 aromatic heterocycles. The van der Waals surface area contributed by atoms with Crippen LogP contribution in [0, 0.1) is 5.41 Å². The number of carboxylic acids is 1. The van der Waals surface area contributed by atoms with Crippen LogP contribution in [0.5, 0.6) is 11.5 Å². The van der Waals surface area contributed by atoms with Gasteiger partial charge in [0.15, 0.2) is 12.4 Å². The minimum atomic E-state index is -1.11. The number of halogens is 1. The van der Waals surface area contributed by atoms with Crippen LogP contribution in [0.4, 0.5) is 0 Å². The molecule has 1 unspecified atom stereocenters. The number of amidine groups is 1. The Morgan fingerprint density at radius 2 is 1.42 bits per heavy atom. The number of nitrogen functional groups attached to an aromatic ring is 1. The van der Waals surface area contributed by atoms with Crippen LogP contribution >= 0.6 is 12.4 Å². The molecule has 0 bridgehead atoms. The average molecular weight is 512 g/mol. The monoisotopic (exact) mass is 511 g/mol. The Hall–Kier alpha value is -4.37. The first-order valence-electron chi connectivity index (χ1n) is 10.6. The van der Waals surface area contributed by atoms with Gasteiger partial charge in [-0.2, -0.15) is 0 Å². The highest BCUT2D eigenvalue weighted by atomic mass is 35.5. The summed E-state index contributed by atoms with van der Waals surface area (Å²) in [6, 6.07) is 18.5. The van der Waals surface area contributed by atoms with Gasteiger partial charge in [0.2, 0.25) is 0 Å². The van der Waals surface area contributed by atoms with Crippen molar-refractivity contribution in [2.24, 2.45) is 5.73 Å². The number of methoxy groups -OCH3 is 1. The number of nitrogens with two attached hydrogens (primary N) is 1. The molecule has 9 nitrogen and oxygen atoms in total. The molecule has 1 amide bonds. The number of carbonyl (C=O) groups is 3. The molecule has 3 aromatic rings. The van der Waals surface area contributed by atoms with Crippen molar-refractivity contribution in [1.82, 2.24) is 5.32 Å². The third-order valence-corrected chi connectivity index (χ3v) is 5.18. The highest BCUT2D eigenvalue weighted by Gasteiger charge is 2.23. The Morgan fingerprint density at radius 3 is 1.94 bits per heavy atom. The topological polar surface area (TPSA) is 152 Å². The molecular formula is C26H26ClN3O6. The molecule has 1 atom stereocenters. The van der Waals surface area contributed by atoms with E-state index < -0.39 is 24.5 Å². The van der Waals surface area contributed by atoms with E-state index in [0.717, 1.165) is 5.56 Å². The molecule has 0 spiro atoms. The largest absolute Gasteiger partial charge is 0.497 e. The highest BCUT2D eigenvalue weighted by Crippen LogP contribution is 2.18. The zero-order chi connectivity index (χ0) is 25.4. The van der Waals surface area contributed by atoms with E-state index in [4.69, 9.17) is 25.7 Å². The van der Waals surface area contributed by atoms with Gasteiger partial charge in [-0.15, -0.1) is 12.4 Å². The van der Waals surface area contributed by atoms with Crippen molar-refractivity contribution in [2.75, 3.05) is 13.7 Å². The van der Waals surface area contributed by atoms with Crippen LogP contribution in [0.15, 0.2) is 72.8 Å². The van der Waals surface area contributed by atoms with Crippen molar-refractivity contribution in [1.29, 1.82) is 5.41 Å². The fraction of sp³-hybridized carbons (Fsp3) is 0.154. The zero-order valence-corrected chi connectivity index (χ0v) is 20.2. The maximum Gasteiger partial charge on any atom is 0.341 e. The molecule has 0 saturated carbocycles. The fourth-order valence-electron chi connectivity index (χ4n) is 3.31. The van der Waals surface area contributed by atoms with Crippen molar-refractivity contribution in [3.8, 4) is 11.5 Å². The van der Waals surface area contributed by atoms with Gasteiger partial charge in [-0.05, 0) is 54.1 Å². The minimum Gasteiger partial charge on any atom is -0.497 e. The fourth-order valence-corrected chi connectivity index (χ4v) is 3.31. The quantitative estimate of drug-likeness (QED) is 0.175. The molecule has 36 heavy (non-hydrogen) atoms. The van der Waals surface area contributed by atoms with Crippen LogP contribution in [-0.2, 0) is 11.2 Å². The summed E-state index contributed by atoms with van der Waals surface area (Å²) in [6.07, 6.45) is 0.233. The number of amides is 1. The molecule has 0 saturated heterocycles. The number of benzene rings is 3. The van der Waals surface area contributed by atoms with Crippen molar-refractivity contribution in [3.63, 3.8) is 0 Å². The molecule has 0 radical (unpaired) electrons. The summed E-state index contributed by atoms with van der Waals surface area (Å²) in [6.45, 7) is -0.494. The van der Waals surface area contributed by atoms with Gasteiger partial charge in [-0.1, -0.05) is 24.3 Å². The van der Waals surface area contributed by atoms with Gasteiger partial charge in [-0.3, -0.25) is 15.0 Å². The van der Waals surface area contributed by atoms with E-state index in [9.17, 15) is 14.4 Å². The molecule has 0 fully saturated rings. The lowest BCUT2D eigenvalue weighted by Gasteiger charge is -2.19. The molecule has 0 aliphatic heterocycles. The summed E-state index contributed by atoms with van der Waals surface area (Å²) in [5.41, 5.74) is 7.42. The van der Waals surface area contributed by atoms with Crippen LogP contribution in [0.3, 0.4) is 0 Å². The second-order valence-electron chi connectivity index (χ2n) is 7.64. The van der Waals surface area contributed by atoms with Crippen LogP contribution in [-0.4, -0.2) is 48.4 Å². The smallest absolute Gasteiger partial charge is 0.341 e. The maximum atomic E-state index is 13.3. The molecule has 0 aliphatic rings. The molecule has 10 heteroatoms. The summed E-state index contributed by atoms with van der Waals surface area (Å²) in [5.74, 6) is -1.01. The molecular weight excluding hydrogens is 486 g/mol. The highest BCUT2D eigenvalue weighted by molar-refractivity contribution is 6.05. The van der Waals surface area contributed by atoms with Crippen LogP contribution < -0.4 is 20.5 Å². The van der Waals surface area contributed by atoms with E-state index >= 15 is 0 Å². The number of nitrogens with one attached hydrogen (secondary N) is 2. The number of rotatable bonds is 11. The summed E-state index contributed by atoms with van der Waals surface area (Å²) in [4.78, 5) is 36.9. The lowest BCUT2D eigenvalue weighted by molar-refractivity contribution is -0.139. The third-order valence-electron chi connectivity index (χ3n) is 5.18. The standard InChI is InChI=1S/C26H25N3O6.ClH/c1-34-20-10-2-16(3-11-20)14-22(29-26(33)19-6-4-18(5-7-19)25(27)28)24(32)17-8-12-21(13-9-17)35-15-23(30)31;/h2-13,22H,14-15H2,1H3,(H3,27,28)(H,29,33)(H,30,31);1H. The van der Waals surface area contributed by atoms with Gasteiger partial charge < -0.3 is 25.6 Å². The summed E-state index contributed by atoms with van der Waals surface area (Å²) >= 11 is 0. The van der Waals surface area contributed by atoms with Crippen LogP contribution in [0.1, 0.15) is 31.8 Å². The van der Waals surface area contributed by atoms with Crippen molar-refractivity contribution in [3.05, 3.63) is 95.1 Å². The van der Waals surface area contributed by atoms with Gasteiger partial charge in [0.1, 0.15) is 17.3 Å². The SMILES string of the molecule is COc1ccc(CC(NC(=O)c2ccc(C(=N)N)cc2)C(=O)c2ccc(OCC(=O)O)cc2)cc1.Cl. The first-order chi connectivity index (χ1) is 16.8. The lowest BCUT2D eigenvalue weighted by Crippen LogP contribution is -2.42. The molecule has 3 aromatic carbocycles. The van der Waals surface area contributed by atoms with Crippen LogP contribution in [0.2, 0.25) is 0 Å². The first-order valence-corrected chi connectivity index (χ1v) is 10.6. The Balaban J connectivity index is 0.00000456. The van der Waals surface area contributed by atoms with Crippen molar-refractivity contribution in [2.45, 2.75) is 12.5 Å². The van der Waals surface area contributed by atoms with Crippen molar-refractivity contribution >= 4 is 35.9 Å². The molecule has 3 rings (SSSR count). The second-order valence-corrected chi connectivity index (χ2v) is 7.64. The van der Waals surface area contributed by atoms with Gasteiger partial charge in [0, 0.05) is 23.1 Å². The second kappa shape index (κ2) is 12.9. The van der Waals surface area contributed by atoms with E-state index in [1.807, 2.05) is 12.1 Å². The van der Waals surface area contributed by atoms with Gasteiger partial charge in [0.25, 0.3) is 5.91 Å². The van der Waals surface area contributed by atoms with Gasteiger partial charge in [-0.25, -0.2) is 4.79 Å². The molecule has 5 N–H and O–H groups in total. The normalized spacial score (nSPS) is 10.9. The number of Topliss-reactive ketones (excluding diaryl/α,β-unsaturated/α-hetero) is 1. The maximum absolute atomic E-state index is 13.3. The Kier molecular flexibility index (Phi) is 10.00. The van der Waals surface area contributed by atoms with E-state index in [2.05, 4.69) is 5.32 Å². The predicted molar refractivity (Wildman–Crippen MR) is 137 cm³/mol. The number of hydrogen-bond donors (Lipinski definition) is 4. The minimum absolute atomic E-state index is 0. The number of hydrogen-bond acceptors (Lipinski definition) is 6. The van der Waals surface area contributed by atoms with Gasteiger partial charge >= 0.3 is 5.97 Å². The van der Waals surface area contributed by atoms with E-state index in [-0.39, 0.29) is 30.4 Å². The predicted octanol–water partition coefficient (Wildman–Crippen LogP) is 3.09. The summed E-state index contributed by atoms with van der Waals surface area (Å²) in [7, 11) is 1.56. The van der Waals surface area contributed by atoms with Crippen LogP contribution in [0.25, 0.3) is 0 Å².